The number of anilines is 3. The van der Waals surface area contributed by atoms with Crippen LogP contribution in [0.5, 0.6) is 0 Å². The molecule has 0 bridgehead atoms. The first-order chi connectivity index (χ1) is 27.8. The normalized spacial score (nSPS) is 11.6. The molecule has 0 aliphatic carbocycles. The van der Waals surface area contributed by atoms with Crippen molar-refractivity contribution in [3.05, 3.63) is 206 Å². The molecule has 4 nitrogen and oxygen atoms in total. The summed E-state index contributed by atoms with van der Waals surface area (Å²) in [6, 6.07) is 71.2. The molecule has 9 aromatic carbocycles. The lowest BCUT2D eigenvalue weighted by atomic mass is 9.99. The van der Waals surface area contributed by atoms with Crippen LogP contribution in [0.2, 0.25) is 0 Å². The van der Waals surface area contributed by atoms with Gasteiger partial charge in [0.15, 0.2) is 0 Å². The van der Waals surface area contributed by atoms with Crippen LogP contribution in [0.4, 0.5) is 17.1 Å². The highest BCUT2D eigenvalue weighted by Gasteiger charge is 2.18. The maximum absolute atomic E-state index is 5.20. The summed E-state index contributed by atoms with van der Waals surface area (Å²) >= 11 is 0. The van der Waals surface area contributed by atoms with Crippen molar-refractivity contribution >= 4 is 71.4 Å². The number of benzene rings is 9. The molecule has 0 aliphatic rings. The smallest absolute Gasteiger partial charge is 0.0979 e. The fraction of sp³-hybridized carbons (Fsp3) is 0. The SMILES string of the molecule is c1ccc(N(c2ccc(-c3ccc(-c4cnc5c6ccccc6c6ccccc6c5n4)cc3)cc2)c2ccc3c(c2)c2ccccc2n3-c2ccccc2)cc1. The number of nitrogens with zero attached hydrogens (tertiary/aromatic N) is 4. The highest BCUT2D eigenvalue weighted by atomic mass is 15.1. The van der Waals surface area contributed by atoms with Gasteiger partial charge in [0.2, 0.25) is 0 Å². The second-order valence-corrected chi connectivity index (χ2v) is 14.2. The first-order valence-corrected chi connectivity index (χ1v) is 19.0. The van der Waals surface area contributed by atoms with Gasteiger partial charge in [-0.3, -0.25) is 4.98 Å². The third-order valence-corrected chi connectivity index (χ3v) is 11.0. The van der Waals surface area contributed by atoms with Gasteiger partial charge in [-0.1, -0.05) is 140 Å². The number of aromatic nitrogens is 3. The molecular formula is C52H34N4. The van der Waals surface area contributed by atoms with E-state index in [0.29, 0.717) is 0 Å². The molecule has 0 radical (unpaired) electrons. The number of para-hydroxylation sites is 3. The van der Waals surface area contributed by atoms with Crippen LogP contribution in [-0.2, 0) is 0 Å². The van der Waals surface area contributed by atoms with E-state index in [9.17, 15) is 0 Å². The molecule has 11 aromatic rings. The minimum Gasteiger partial charge on any atom is -0.310 e. The van der Waals surface area contributed by atoms with E-state index in [1.54, 1.807) is 0 Å². The van der Waals surface area contributed by atoms with Crippen molar-refractivity contribution in [3.8, 4) is 28.1 Å². The molecule has 262 valence electrons. The molecule has 56 heavy (non-hydrogen) atoms. The van der Waals surface area contributed by atoms with E-state index in [-0.39, 0.29) is 0 Å². The van der Waals surface area contributed by atoms with E-state index < -0.39 is 0 Å². The molecule has 2 heterocycles. The molecule has 0 atom stereocenters. The third-order valence-electron chi connectivity index (χ3n) is 11.0. The lowest BCUT2D eigenvalue weighted by molar-refractivity contribution is 1.18. The van der Waals surface area contributed by atoms with Gasteiger partial charge >= 0.3 is 0 Å². The second-order valence-electron chi connectivity index (χ2n) is 14.2. The number of fused-ring (bicyclic) bond motifs is 9. The zero-order valence-corrected chi connectivity index (χ0v) is 30.4. The van der Waals surface area contributed by atoms with Gasteiger partial charge in [0, 0.05) is 49.9 Å². The molecule has 0 N–H and O–H groups in total. The molecule has 0 spiro atoms. The Morgan fingerprint density at radius 2 is 0.857 bits per heavy atom. The van der Waals surface area contributed by atoms with Crippen molar-refractivity contribution < 1.29 is 0 Å². The van der Waals surface area contributed by atoms with Crippen LogP contribution in [0.1, 0.15) is 0 Å². The van der Waals surface area contributed by atoms with Crippen molar-refractivity contribution in [3.63, 3.8) is 0 Å². The summed E-state index contributed by atoms with van der Waals surface area (Å²) in [6.45, 7) is 0. The largest absolute Gasteiger partial charge is 0.310 e. The van der Waals surface area contributed by atoms with Gasteiger partial charge in [0.25, 0.3) is 0 Å². The monoisotopic (exact) mass is 714 g/mol. The predicted octanol–water partition coefficient (Wildman–Crippen LogP) is 13.8. The van der Waals surface area contributed by atoms with E-state index in [4.69, 9.17) is 9.97 Å². The van der Waals surface area contributed by atoms with Crippen LogP contribution in [0.25, 0.3) is 82.5 Å². The molecule has 4 heteroatoms. The maximum Gasteiger partial charge on any atom is 0.0979 e. The van der Waals surface area contributed by atoms with Crippen LogP contribution < -0.4 is 4.90 Å². The van der Waals surface area contributed by atoms with Gasteiger partial charge in [-0.25, -0.2) is 4.98 Å². The van der Waals surface area contributed by atoms with Crippen LogP contribution in [0.15, 0.2) is 206 Å². The lowest BCUT2D eigenvalue weighted by Gasteiger charge is -2.26. The lowest BCUT2D eigenvalue weighted by Crippen LogP contribution is -2.09. The predicted molar refractivity (Wildman–Crippen MR) is 234 cm³/mol. The molecule has 0 saturated heterocycles. The van der Waals surface area contributed by atoms with Gasteiger partial charge < -0.3 is 9.47 Å². The molecule has 0 saturated carbocycles. The first kappa shape index (κ1) is 31.9. The average Bonchev–Trinajstić information content (AvgIpc) is 3.61. The van der Waals surface area contributed by atoms with E-state index in [2.05, 4.69) is 210 Å². The van der Waals surface area contributed by atoms with Crippen molar-refractivity contribution in [2.24, 2.45) is 0 Å². The Morgan fingerprint density at radius 1 is 0.357 bits per heavy atom. The quantitative estimate of drug-likeness (QED) is 0.161. The van der Waals surface area contributed by atoms with Crippen molar-refractivity contribution in [2.75, 3.05) is 4.90 Å². The first-order valence-electron chi connectivity index (χ1n) is 19.0. The molecule has 0 unspecified atom stereocenters. The zero-order valence-electron chi connectivity index (χ0n) is 30.4. The maximum atomic E-state index is 5.20. The van der Waals surface area contributed by atoms with E-state index in [0.717, 1.165) is 66.9 Å². The number of hydrogen-bond acceptors (Lipinski definition) is 3. The van der Waals surface area contributed by atoms with Gasteiger partial charge in [0.05, 0.1) is 34.0 Å². The van der Waals surface area contributed by atoms with Crippen molar-refractivity contribution in [2.45, 2.75) is 0 Å². The van der Waals surface area contributed by atoms with Crippen LogP contribution >= 0.6 is 0 Å². The van der Waals surface area contributed by atoms with Crippen LogP contribution in [-0.4, -0.2) is 14.5 Å². The molecule has 0 amide bonds. The Morgan fingerprint density at radius 3 is 1.55 bits per heavy atom. The average molecular weight is 715 g/mol. The second kappa shape index (κ2) is 13.1. The van der Waals surface area contributed by atoms with Crippen molar-refractivity contribution in [1.29, 1.82) is 0 Å². The fourth-order valence-corrected chi connectivity index (χ4v) is 8.38. The summed E-state index contributed by atoms with van der Waals surface area (Å²) in [5.74, 6) is 0. The number of hydrogen-bond donors (Lipinski definition) is 0. The summed E-state index contributed by atoms with van der Waals surface area (Å²) in [7, 11) is 0. The summed E-state index contributed by atoms with van der Waals surface area (Å²) in [5, 5.41) is 7.10. The highest BCUT2D eigenvalue weighted by Crippen LogP contribution is 2.40. The Kier molecular flexibility index (Phi) is 7.46. The Bertz CT molecular complexity index is 3190. The van der Waals surface area contributed by atoms with Gasteiger partial charge in [0.1, 0.15) is 0 Å². The molecule has 11 rings (SSSR count). The Labute approximate surface area is 324 Å². The van der Waals surface area contributed by atoms with E-state index >= 15 is 0 Å². The topological polar surface area (TPSA) is 34.0 Å². The van der Waals surface area contributed by atoms with E-state index in [1.807, 2.05) is 6.20 Å². The van der Waals surface area contributed by atoms with Crippen molar-refractivity contribution in [1.82, 2.24) is 14.5 Å². The molecule has 0 fully saturated rings. The fourth-order valence-electron chi connectivity index (χ4n) is 8.38. The van der Waals surface area contributed by atoms with E-state index in [1.165, 1.54) is 32.6 Å². The highest BCUT2D eigenvalue weighted by molar-refractivity contribution is 6.23. The van der Waals surface area contributed by atoms with Gasteiger partial charge in [-0.05, 0) is 82.6 Å². The summed E-state index contributed by atoms with van der Waals surface area (Å²) < 4.78 is 2.36. The molecule has 2 aromatic heterocycles. The molecule has 0 aliphatic heterocycles. The summed E-state index contributed by atoms with van der Waals surface area (Å²) in [4.78, 5) is 12.5. The third kappa shape index (κ3) is 5.23. The minimum absolute atomic E-state index is 0.863. The van der Waals surface area contributed by atoms with Gasteiger partial charge in [-0.2, -0.15) is 0 Å². The zero-order chi connectivity index (χ0) is 37.0. The summed E-state index contributed by atoms with van der Waals surface area (Å²) in [6.07, 6.45) is 1.91. The Hall–Kier alpha value is -7.56. The van der Waals surface area contributed by atoms with Crippen LogP contribution in [0, 0.1) is 0 Å². The standard InChI is InChI=1S/C52H34N4/c1-3-13-38(14-4-1)55(41-31-32-50-47(33-41)44-19-11-12-22-49(44)56(50)39-15-5-2-6-16-39)40-29-27-36(28-30-40)35-23-25-37(26-24-35)48-34-53-51-45-20-9-7-17-42(45)43-18-8-10-21-46(43)52(51)54-48/h1-34H. The van der Waals surface area contributed by atoms with Crippen LogP contribution in [0.3, 0.4) is 0 Å². The number of rotatable bonds is 6. The molecular weight excluding hydrogens is 681 g/mol. The summed E-state index contributed by atoms with van der Waals surface area (Å²) in [5.41, 5.74) is 12.9. The van der Waals surface area contributed by atoms with Gasteiger partial charge in [-0.15, -0.1) is 0 Å². The minimum atomic E-state index is 0.863. The Balaban J connectivity index is 0.949.